The van der Waals surface area contributed by atoms with Crippen molar-refractivity contribution in [3.63, 3.8) is 0 Å². The van der Waals surface area contributed by atoms with Crippen LogP contribution in [0, 0.1) is 13.8 Å². The molecule has 0 spiro atoms. The molecule has 3 rings (SSSR count). The predicted octanol–water partition coefficient (Wildman–Crippen LogP) is 6.44. The van der Waals surface area contributed by atoms with Crippen molar-refractivity contribution in [3.8, 4) is 5.69 Å². The summed E-state index contributed by atoms with van der Waals surface area (Å²) in [4.78, 5) is 12.0. The van der Waals surface area contributed by atoms with Crippen LogP contribution in [0.4, 0.5) is 0 Å². The number of nitrogens with one attached hydrogen (secondary N) is 1. The molecule has 3 aromatic rings. The van der Waals surface area contributed by atoms with Gasteiger partial charge in [0.15, 0.2) is 0 Å². The molecule has 0 saturated carbocycles. The molecule has 30 heavy (non-hydrogen) atoms. The summed E-state index contributed by atoms with van der Waals surface area (Å²) in [6, 6.07) is 15.0. The molecule has 0 radical (unpaired) electrons. The van der Waals surface area contributed by atoms with Crippen LogP contribution in [0.5, 0.6) is 0 Å². The van der Waals surface area contributed by atoms with Crippen LogP contribution in [0.25, 0.3) is 5.69 Å². The molecule has 4 nitrogen and oxygen atoms in total. The molecule has 0 unspecified atom stereocenters. The van der Waals surface area contributed by atoms with Crippen molar-refractivity contribution in [2.75, 3.05) is 5.75 Å². The second-order valence-corrected chi connectivity index (χ2v) is 8.94. The van der Waals surface area contributed by atoms with Gasteiger partial charge in [-0.15, -0.1) is 11.8 Å². The maximum Gasteiger partial charge on any atom is 0.250 e. The Hall–Kier alpha value is -1.92. The second-order valence-electron chi connectivity index (χ2n) is 6.67. The number of benzene rings is 2. The largest absolute Gasteiger partial charge is 0.316 e. The number of halogens is 3. The van der Waals surface area contributed by atoms with Gasteiger partial charge in [-0.1, -0.05) is 46.9 Å². The average Bonchev–Trinajstić information content (AvgIpc) is 2.96. The van der Waals surface area contributed by atoms with Gasteiger partial charge in [-0.05, 0) is 55.8 Å². The van der Waals surface area contributed by atoms with E-state index >= 15 is 0 Å². The van der Waals surface area contributed by atoms with Crippen LogP contribution in [0.2, 0.25) is 15.1 Å². The van der Waals surface area contributed by atoms with Crippen LogP contribution in [0.1, 0.15) is 22.5 Å². The minimum atomic E-state index is -0.159. The molecule has 8 heteroatoms. The highest BCUT2D eigenvalue weighted by Gasteiger charge is 2.12. The first-order valence-corrected chi connectivity index (χ1v) is 11.4. The van der Waals surface area contributed by atoms with Gasteiger partial charge in [-0.3, -0.25) is 4.79 Å². The maximum absolute atomic E-state index is 12.0. The molecule has 1 amide bonds. The number of aromatic nitrogens is 1. The third kappa shape index (κ3) is 5.82. The molecule has 0 aliphatic carbocycles. The molecule has 0 fully saturated rings. The van der Waals surface area contributed by atoms with Gasteiger partial charge in [0.25, 0.3) is 0 Å². The van der Waals surface area contributed by atoms with Crippen molar-refractivity contribution in [3.05, 3.63) is 86.1 Å². The number of hydrogen-bond acceptors (Lipinski definition) is 3. The number of rotatable bonds is 7. The Kier molecular flexibility index (Phi) is 7.89. The topological polar surface area (TPSA) is 46.4 Å². The molecule has 0 saturated heterocycles. The third-order valence-electron chi connectivity index (χ3n) is 4.40. The van der Waals surface area contributed by atoms with E-state index < -0.39 is 0 Å². The molecular weight excluding hydrogens is 461 g/mol. The summed E-state index contributed by atoms with van der Waals surface area (Å²) < 4.78 is 2.03. The lowest BCUT2D eigenvalue weighted by molar-refractivity contribution is -0.118. The SMILES string of the molecule is Cc1cc(/C=N\NC(=O)CSCc2cccc(Cl)c2)c(C)n1-c1ccc(Cl)cc1Cl. The van der Waals surface area contributed by atoms with Crippen LogP contribution in [-0.2, 0) is 10.5 Å². The van der Waals surface area contributed by atoms with E-state index in [9.17, 15) is 4.79 Å². The van der Waals surface area contributed by atoms with Crippen molar-refractivity contribution in [2.24, 2.45) is 5.10 Å². The molecule has 0 bridgehead atoms. The number of amides is 1. The Morgan fingerprint density at radius 2 is 1.87 bits per heavy atom. The molecule has 156 valence electrons. The molecule has 1 heterocycles. The summed E-state index contributed by atoms with van der Waals surface area (Å²) in [5.41, 5.74) is 7.36. The first-order valence-electron chi connectivity index (χ1n) is 9.13. The van der Waals surface area contributed by atoms with E-state index in [-0.39, 0.29) is 5.91 Å². The first kappa shape index (κ1) is 22.8. The molecule has 2 aromatic carbocycles. The number of hydrogen-bond donors (Lipinski definition) is 1. The minimum absolute atomic E-state index is 0.159. The maximum atomic E-state index is 12.0. The van der Waals surface area contributed by atoms with E-state index in [0.29, 0.717) is 26.6 Å². The number of thioether (sulfide) groups is 1. The first-order chi connectivity index (χ1) is 14.3. The van der Waals surface area contributed by atoms with E-state index in [1.54, 1.807) is 18.3 Å². The van der Waals surface area contributed by atoms with Gasteiger partial charge in [0, 0.05) is 32.7 Å². The molecule has 0 aliphatic rings. The fraction of sp³-hybridized carbons (Fsp3) is 0.182. The van der Waals surface area contributed by atoms with E-state index in [2.05, 4.69) is 10.5 Å². The average molecular weight is 481 g/mol. The summed E-state index contributed by atoms with van der Waals surface area (Å²) in [7, 11) is 0. The summed E-state index contributed by atoms with van der Waals surface area (Å²) in [6.45, 7) is 3.96. The van der Waals surface area contributed by atoms with Crippen LogP contribution in [-0.4, -0.2) is 22.4 Å². The van der Waals surface area contributed by atoms with Crippen molar-refractivity contribution < 1.29 is 4.79 Å². The van der Waals surface area contributed by atoms with E-state index in [1.807, 2.05) is 54.8 Å². The lowest BCUT2D eigenvalue weighted by atomic mass is 10.2. The van der Waals surface area contributed by atoms with E-state index in [4.69, 9.17) is 34.8 Å². The Bertz CT molecular complexity index is 1100. The van der Waals surface area contributed by atoms with Gasteiger partial charge in [0.2, 0.25) is 5.91 Å². The van der Waals surface area contributed by atoms with Gasteiger partial charge in [-0.25, -0.2) is 5.43 Å². The van der Waals surface area contributed by atoms with Crippen LogP contribution in [0.15, 0.2) is 53.6 Å². The Labute approximate surface area is 195 Å². The number of carbonyl (C=O) groups excluding carboxylic acids is 1. The number of hydrazone groups is 1. The fourth-order valence-corrected chi connectivity index (χ4v) is 4.52. The minimum Gasteiger partial charge on any atom is -0.316 e. The molecule has 0 aliphatic heterocycles. The van der Waals surface area contributed by atoms with Gasteiger partial charge < -0.3 is 4.57 Å². The second kappa shape index (κ2) is 10.4. The standard InChI is InChI=1S/C22H20Cl3N3OS/c1-14-8-17(15(2)28(14)21-7-6-19(24)10-20(21)25)11-26-27-22(29)13-30-12-16-4-3-5-18(23)9-16/h3-11H,12-13H2,1-2H3,(H,27,29)/b26-11-. The monoisotopic (exact) mass is 479 g/mol. The lowest BCUT2D eigenvalue weighted by Gasteiger charge is -2.11. The highest BCUT2D eigenvalue weighted by Crippen LogP contribution is 2.28. The zero-order chi connectivity index (χ0) is 21.7. The Morgan fingerprint density at radius 1 is 1.10 bits per heavy atom. The van der Waals surface area contributed by atoms with Crippen LogP contribution < -0.4 is 5.43 Å². The van der Waals surface area contributed by atoms with Gasteiger partial charge in [0.05, 0.1) is 22.7 Å². The van der Waals surface area contributed by atoms with Crippen molar-refractivity contribution in [1.82, 2.24) is 9.99 Å². The van der Waals surface area contributed by atoms with Crippen LogP contribution >= 0.6 is 46.6 Å². The van der Waals surface area contributed by atoms with E-state index in [1.165, 1.54) is 11.8 Å². The Balaban J connectivity index is 1.59. The van der Waals surface area contributed by atoms with Crippen molar-refractivity contribution >= 4 is 58.7 Å². The lowest BCUT2D eigenvalue weighted by Crippen LogP contribution is -2.19. The molecule has 0 atom stereocenters. The summed E-state index contributed by atoms with van der Waals surface area (Å²) >= 11 is 19.8. The van der Waals surface area contributed by atoms with Crippen molar-refractivity contribution in [2.45, 2.75) is 19.6 Å². The van der Waals surface area contributed by atoms with Gasteiger partial charge >= 0.3 is 0 Å². The summed E-state index contributed by atoms with van der Waals surface area (Å²) in [5, 5.41) is 5.95. The van der Waals surface area contributed by atoms with E-state index in [0.717, 1.165) is 28.2 Å². The predicted molar refractivity (Wildman–Crippen MR) is 129 cm³/mol. The highest BCUT2D eigenvalue weighted by atomic mass is 35.5. The highest BCUT2D eigenvalue weighted by molar-refractivity contribution is 7.99. The zero-order valence-electron chi connectivity index (χ0n) is 16.5. The molecule has 1 aromatic heterocycles. The number of aryl methyl sites for hydroxylation is 1. The van der Waals surface area contributed by atoms with Crippen molar-refractivity contribution in [1.29, 1.82) is 0 Å². The van der Waals surface area contributed by atoms with Gasteiger partial charge in [-0.2, -0.15) is 5.10 Å². The zero-order valence-corrected chi connectivity index (χ0v) is 19.5. The third-order valence-corrected chi connectivity index (χ3v) is 6.18. The quantitative estimate of drug-likeness (QED) is 0.312. The van der Waals surface area contributed by atoms with Crippen LogP contribution in [0.3, 0.4) is 0 Å². The smallest absolute Gasteiger partial charge is 0.250 e. The summed E-state index contributed by atoms with van der Waals surface area (Å²) in [6.07, 6.45) is 1.64. The number of carbonyl (C=O) groups is 1. The number of nitrogens with zero attached hydrogens (tertiary/aromatic N) is 2. The Morgan fingerprint density at radius 3 is 2.60 bits per heavy atom. The molecular formula is C22H20Cl3N3OS. The normalized spacial score (nSPS) is 11.2. The fourth-order valence-electron chi connectivity index (χ4n) is 3.05. The van der Waals surface area contributed by atoms with Gasteiger partial charge in [0.1, 0.15) is 0 Å². The summed E-state index contributed by atoms with van der Waals surface area (Å²) in [5.74, 6) is 0.858. The molecule has 1 N–H and O–H groups in total.